The molecule has 4 heteroatoms. The minimum atomic E-state index is 0.664. The van der Waals surface area contributed by atoms with Crippen LogP contribution in [-0.4, -0.2) is 12.9 Å². The summed E-state index contributed by atoms with van der Waals surface area (Å²) in [5.74, 6) is 0.779. The number of benzene rings is 2. The lowest BCUT2D eigenvalue weighted by molar-refractivity contribution is 0.112. The summed E-state index contributed by atoms with van der Waals surface area (Å²) in [5.41, 5.74) is 5.49. The van der Waals surface area contributed by atoms with E-state index in [9.17, 15) is 4.79 Å². The molecular weight excluding hydrogens is 282 g/mol. The van der Waals surface area contributed by atoms with E-state index in [0.29, 0.717) is 12.2 Å². The van der Waals surface area contributed by atoms with E-state index < -0.39 is 0 Å². The van der Waals surface area contributed by atoms with E-state index in [2.05, 4.69) is 19.1 Å². The van der Waals surface area contributed by atoms with Crippen LogP contribution in [0.25, 0.3) is 0 Å². The van der Waals surface area contributed by atoms with Crippen LogP contribution in [0.1, 0.15) is 32.6 Å². The largest absolute Gasteiger partial charge is 0.492 e. The van der Waals surface area contributed by atoms with E-state index in [1.807, 2.05) is 18.2 Å². The van der Waals surface area contributed by atoms with Crippen LogP contribution in [0.3, 0.4) is 0 Å². The van der Waals surface area contributed by atoms with Gasteiger partial charge in [-0.15, -0.1) is 0 Å². The predicted octanol–water partition coefficient (Wildman–Crippen LogP) is 3.30. The standard InChI is InChI=1S/C17H17NO2S/c1-11-13(8-12-2-4-15(21-18)5-3-12)9-14(10-19)17-16(11)6-7-20-17/h2-5,9-10H,6-8,18H2,1H3. The van der Waals surface area contributed by atoms with Gasteiger partial charge in [0.25, 0.3) is 0 Å². The molecular formula is C17H17NO2S. The SMILES string of the molecule is Cc1c(Cc2ccc(SN)cc2)cc(C=O)c2c1CCO2. The van der Waals surface area contributed by atoms with E-state index in [4.69, 9.17) is 9.88 Å². The van der Waals surface area contributed by atoms with Gasteiger partial charge in [0.15, 0.2) is 6.29 Å². The Morgan fingerprint density at radius 1 is 1.33 bits per heavy atom. The van der Waals surface area contributed by atoms with Crippen LogP contribution in [0, 0.1) is 6.92 Å². The summed E-state index contributed by atoms with van der Waals surface area (Å²) < 4.78 is 5.59. The molecule has 1 heterocycles. The van der Waals surface area contributed by atoms with Gasteiger partial charge < -0.3 is 4.74 Å². The second kappa shape index (κ2) is 5.92. The maximum atomic E-state index is 11.3. The second-order valence-corrected chi connectivity index (χ2v) is 5.92. The Morgan fingerprint density at radius 3 is 2.76 bits per heavy atom. The first-order valence-electron chi connectivity index (χ1n) is 6.92. The van der Waals surface area contributed by atoms with Gasteiger partial charge in [-0.1, -0.05) is 12.1 Å². The Hall–Kier alpha value is -1.78. The lowest BCUT2D eigenvalue weighted by Gasteiger charge is -2.12. The predicted molar refractivity (Wildman–Crippen MR) is 85.1 cm³/mol. The monoisotopic (exact) mass is 299 g/mol. The molecule has 0 spiro atoms. The minimum Gasteiger partial charge on any atom is -0.492 e. The van der Waals surface area contributed by atoms with Crippen LogP contribution >= 0.6 is 11.9 Å². The third-order valence-corrected chi connectivity index (χ3v) is 4.52. The van der Waals surface area contributed by atoms with Gasteiger partial charge in [0.2, 0.25) is 0 Å². The van der Waals surface area contributed by atoms with Crippen molar-refractivity contribution in [3.05, 3.63) is 58.1 Å². The van der Waals surface area contributed by atoms with Gasteiger partial charge in [0.05, 0.1) is 12.2 Å². The molecule has 0 radical (unpaired) electrons. The summed E-state index contributed by atoms with van der Waals surface area (Å²) in [7, 11) is 0. The molecule has 2 aromatic rings. The molecule has 0 aliphatic carbocycles. The number of nitrogens with two attached hydrogens (primary N) is 1. The lowest BCUT2D eigenvalue weighted by atomic mass is 9.93. The number of rotatable bonds is 4. The van der Waals surface area contributed by atoms with Gasteiger partial charge in [0.1, 0.15) is 5.75 Å². The van der Waals surface area contributed by atoms with Crippen LogP contribution < -0.4 is 9.88 Å². The third kappa shape index (κ3) is 2.69. The van der Waals surface area contributed by atoms with E-state index in [-0.39, 0.29) is 0 Å². The fraction of sp³-hybridized carbons (Fsp3) is 0.235. The molecule has 0 bridgehead atoms. The van der Waals surface area contributed by atoms with Gasteiger partial charge in [-0.05, 0) is 60.2 Å². The Labute approximate surface area is 128 Å². The van der Waals surface area contributed by atoms with Crippen molar-refractivity contribution in [1.29, 1.82) is 0 Å². The molecule has 1 aliphatic rings. The van der Waals surface area contributed by atoms with Gasteiger partial charge in [-0.25, -0.2) is 0 Å². The van der Waals surface area contributed by atoms with Crippen molar-refractivity contribution < 1.29 is 9.53 Å². The first kappa shape index (κ1) is 14.2. The third-order valence-electron chi connectivity index (χ3n) is 3.98. The average molecular weight is 299 g/mol. The summed E-state index contributed by atoms with van der Waals surface area (Å²) in [6.07, 6.45) is 2.59. The molecule has 0 saturated heterocycles. The average Bonchev–Trinajstić information content (AvgIpc) is 3.01. The van der Waals surface area contributed by atoms with Crippen LogP contribution in [0.2, 0.25) is 0 Å². The second-order valence-electron chi connectivity index (χ2n) is 5.21. The van der Waals surface area contributed by atoms with Crippen LogP contribution in [-0.2, 0) is 12.8 Å². The number of fused-ring (bicyclic) bond motifs is 1. The normalized spacial score (nSPS) is 12.9. The van der Waals surface area contributed by atoms with Crippen LogP contribution in [0.5, 0.6) is 5.75 Å². The fourth-order valence-electron chi connectivity index (χ4n) is 2.80. The molecule has 2 N–H and O–H groups in total. The molecule has 1 aliphatic heterocycles. The molecule has 0 saturated carbocycles. The van der Waals surface area contributed by atoms with Crippen molar-refractivity contribution in [2.75, 3.05) is 6.61 Å². The van der Waals surface area contributed by atoms with Crippen molar-refractivity contribution >= 4 is 18.2 Å². The molecule has 0 atom stereocenters. The molecule has 3 rings (SSSR count). The molecule has 0 aromatic heterocycles. The first-order chi connectivity index (χ1) is 10.2. The van der Waals surface area contributed by atoms with E-state index in [1.165, 1.54) is 34.2 Å². The molecule has 108 valence electrons. The maximum absolute atomic E-state index is 11.3. The zero-order valence-corrected chi connectivity index (χ0v) is 12.7. The van der Waals surface area contributed by atoms with Crippen molar-refractivity contribution in [3.63, 3.8) is 0 Å². The van der Waals surface area contributed by atoms with Crippen molar-refractivity contribution in [1.82, 2.24) is 0 Å². The fourth-order valence-corrected chi connectivity index (χ4v) is 3.10. The Kier molecular flexibility index (Phi) is 3.99. The molecule has 0 amide bonds. The summed E-state index contributed by atoms with van der Waals surface area (Å²) >= 11 is 1.25. The Bertz CT molecular complexity index is 680. The number of carbonyl (C=O) groups excluding carboxylic acids is 1. The highest BCUT2D eigenvalue weighted by atomic mass is 32.2. The van der Waals surface area contributed by atoms with E-state index in [1.54, 1.807) is 0 Å². The van der Waals surface area contributed by atoms with Gasteiger partial charge in [-0.3, -0.25) is 9.93 Å². The van der Waals surface area contributed by atoms with Crippen LogP contribution in [0.15, 0.2) is 35.2 Å². The number of hydrogen-bond acceptors (Lipinski definition) is 4. The molecule has 0 unspecified atom stereocenters. The number of carbonyl (C=O) groups is 1. The molecule has 2 aromatic carbocycles. The highest BCUT2D eigenvalue weighted by molar-refractivity contribution is 7.97. The molecule has 3 nitrogen and oxygen atoms in total. The highest BCUT2D eigenvalue weighted by Gasteiger charge is 2.21. The van der Waals surface area contributed by atoms with E-state index in [0.717, 1.165) is 29.8 Å². The van der Waals surface area contributed by atoms with Crippen molar-refractivity contribution in [2.24, 2.45) is 5.14 Å². The smallest absolute Gasteiger partial charge is 0.153 e. The molecule has 0 fully saturated rings. The topological polar surface area (TPSA) is 52.3 Å². The summed E-state index contributed by atoms with van der Waals surface area (Å²) in [6.45, 7) is 2.78. The number of aldehydes is 1. The number of ether oxygens (including phenoxy) is 1. The van der Waals surface area contributed by atoms with Gasteiger partial charge in [-0.2, -0.15) is 0 Å². The zero-order chi connectivity index (χ0) is 14.8. The van der Waals surface area contributed by atoms with Crippen LogP contribution in [0.4, 0.5) is 0 Å². The maximum Gasteiger partial charge on any atom is 0.153 e. The zero-order valence-electron chi connectivity index (χ0n) is 11.9. The first-order valence-corrected chi connectivity index (χ1v) is 7.80. The molecule has 21 heavy (non-hydrogen) atoms. The van der Waals surface area contributed by atoms with Gasteiger partial charge >= 0.3 is 0 Å². The number of hydrogen-bond donors (Lipinski definition) is 1. The minimum absolute atomic E-state index is 0.664. The van der Waals surface area contributed by atoms with Crippen molar-refractivity contribution in [2.45, 2.75) is 24.7 Å². The quantitative estimate of drug-likeness (QED) is 0.695. The summed E-state index contributed by atoms with van der Waals surface area (Å²) in [4.78, 5) is 12.3. The lowest BCUT2D eigenvalue weighted by Crippen LogP contribution is -1.99. The highest BCUT2D eigenvalue weighted by Crippen LogP contribution is 2.34. The van der Waals surface area contributed by atoms with Crippen molar-refractivity contribution in [3.8, 4) is 5.75 Å². The summed E-state index contributed by atoms with van der Waals surface area (Å²) in [6, 6.07) is 10.2. The Balaban J connectivity index is 1.96. The van der Waals surface area contributed by atoms with E-state index >= 15 is 0 Å². The van der Waals surface area contributed by atoms with Gasteiger partial charge in [0, 0.05) is 16.9 Å². The Morgan fingerprint density at radius 2 is 2.10 bits per heavy atom. The summed E-state index contributed by atoms with van der Waals surface area (Å²) in [5, 5.41) is 5.54.